The lowest BCUT2D eigenvalue weighted by Crippen LogP contribution is -1.88. The second-order valence-corrected chi connectivity index (χ2v) is 14.8. The number of hydrogen-bond acceptors (Lipinski definition) is 1. The van der Waals surface area contributed by atoms with Crippen LogP contribution in [0.15, 0.2) is 24.3 Å². The van der Waals surface area contributed by atoms with Gasteiger partial charge in [0.05, 0.1) is 0 Å². The first-order valence-corrected chi connectivity index (χ1v) is 21.6. The highest BCUT2D eigenvalue weighted by molar-refractivity contribution is 5.39. The minimum Gasteiger partial charge on any atom is -0.399 e. The predicted molar refractivity (Wildman–Crippen MR) is 213 cm³/mol. The van der Waals surface area contributed by atoms with Crippen LogP contribution in [-0.4, -0.2) is 0 Å². The van der Waals surface area contributed by atoms with Crippen LogP contribution in [0.2, 0.25) is 0 Å². The molecule has 1 aromatic rings. The van der Waals surface area contributed by atoms with Crippen LogP contribution in [0.3, 0.4) is 0 Å². The van der Waals surface area contributed by atoms with Crippen molar-refractivity contribution in [3.8, 4) is 0 Å². The molecule has 0 heterocycles. The van der Waals surface area contributed by atoms with E-state index in [1.807, 2.05) is 12.1 Å². The number of rotatable bonds is 35. The lowest BCUT2D eigenvalue weighted by atomic mass is 10.0. The molecule has 272 valence electrons. The monoisotopic (exact) mass is 642 g/mol. The Morgan fingerprint density at radius 3 is 0.696 bits per heavy atom. The van der Waals surface area contributed by atoms with Gasteiger partial charge in [0, 0.05) is 5.69 Å². The fourth-order valence-electron chi connectivity index (χ4n) is 6.71. The van der Waals surface area contributed by atoms with Gasteiger partial charge in [0.25, 0.3) is 0 Å². The molecule has 0 radical (unpaired) electrons. The Bertz CT molecular complexity index is 631. The number of hydrogen-bond donors (Lipinski definition) is 1. The van der Waals surface area contributed by atoms with Crippen molar-refractivity contribution in [1.82, 2.24) is 0 Å². The third-order valence-electron chi connectivity index (χ3n) is 10.0. The average Bonchev–Trinajstić information content (AvgIpc) is 3.07. The second kappa shape index (κ2) is 40.2. The molecule has 1 heteroatoms. The van der Waals surface area contributed by atoms with Gasteiger partial charge < -0.3 is 5.73 Å². The van der Waals surface area contributed by atoms with Crippen molar-refractivity contribution in [3.63, 3.8) is 0 Å². The molecule has 0 amide bonds. The Balaban J connectivity index is 0.000000914. The van der Waals surface area contributed by atoms with Crippen molar-refractivity contribution in [1.29, 1.82) is 0 Å². The summed E-state index contributed by atoms with van der Waals surface area (Å²) in [5.74, 6) is 0. The van der Waals surface area contributed by atoms with Crippen molar-refractivity contribution in [3.05, 3.63) is 29.8 Å². The molecular formula is C45H87N. The summed E-state index contributed by atoms with van der Waals surface area (Å²) in [6.07, 6.45) is 52.1. The largest absolute Gasteiger partial charge is 0.399 e. The topological polar surface area (TPSA) is 26.0 Å². The first-order chi connectivity index (χ1) is 22.7. The number of aryl methyl sites for hydroxylation is 1. The van der Waals surface area contributed by atoms with Crippen LogP contribution in [0.25, 0.3) is 0 Å². The van der Waals surface area contributed by atoms with Gasteiger partial charge in [0.15, 0.2) is 0 Å². The van der Waals surface area contributed by atoms with E-state index in [0.717, 1.165) is 5.69 Å². The molecule has 0 aromatic heterocycles. The molecule has 0 atom stereocenters. The first-order valence-electron chi connectivity index (χ1n) is 21.6. The maximum absolute atomic E-state index is 5.72. The van der Waals surface area contributed by atoms with Gasteiger partial charge in [-0.3, -0.25) is 0 Å². The van der Waals surface area contributed by atoms with Gasteiger partial charge in [-0.1, -0.05) is 251 Å². The minimum atomic E-state index is 0.871. The van der Waals surface area contributed by atoms with E-state index in [-0.39, 0.29) is 0 Å². The van der Waals surface area contributed by atoms with Crippen LogP contribution in [0.4, 0.5) is 5.69 Å². The molecule has 1 rings (SSSR count). The molecule has 2 N–H and O–H groups in total. The van der Waals surface area contributed by atoms with Crippen molar-refractivity contribution in [2.75, 3.05) is 5.73 Å². The first kappa shape index (κ1) is 45.0. The summed E-state index contributed by atoms with van der Waals surface area (Å²) in [6.45, 7) is 6.89. The van der Waals surface area contributed by atoms with Crippen LogP contribution >= 0.6 is 0 Å². The highest BCUT2D eigenvalue weighted by atomic mass is 14.5. The van der Waals surface area contributed by atoms with Gasteiger partial charge in [0.2, 0.25) is 0 Å². The van der Waals surface area contributed by atoms with E-state index in [4.69, 9.17) is 5.73 Å². The Hall–Kier alpha value is -0.980. The minimum absolute atomic E-state index is 0.871. The standard InChI is InChI=1S/C25H45N.C20H42/c1-2-3-4-5-6-7-8-9-10-11-12-13-14-15-16-17-18-19-24-20-22-25(26)23-21-24;1-3-5-7-9-11-13-15-17-19-20-18-16-14-12-10-8-6-4-2/h20-23H,2-19,26H2,1H3;3-20H2,1-2H3. The van der Waals surface area contributed by atoms with Crippen LogP contribution in [-0.2, 0) is 6.42 Å². The van der Waals surface area contributed by atoms with Crippen LogP contribution in [0.1, 0.15) is 251 Å². The van der Waals surface area contributed by atoms with E-state index in [0.29, 0.717) is 0 Å². The lowest BCUT2D eigenvalue weighted by Gasteiger charge is -2.04. The number of anilines is 1. The fraction of sp³-hybridized carbons (Fsp3) is 0.867. The zero-order valence-electron chi connectivity index (χ0n) is 32.3. The van der Waals surface area contributed by atoms with Crippen molar-refractivity contribution in [2.45, 2.75) is 252 Å². The maximum Gasteiger partial charge on any atom is 0.0314 e. The van der Waals surface area contributed by atoms with Gasteiger partial charge in [-0.05, 0) is 30.5 Å². The molecule has 0 spiro atoms. The molecule has 1 aromatic carbocycles. The maximum atomic E-state index is 5.72. The molecular weight excluding hydrogens is 555 g/mol. The highest BCUT2D eigenvalue weighted by Crippen LogP contribution is 2.16. The Morgan fingerprint density at radius 2 is 0.478 bits per heavy atom. The molecule has 0 aliphatic carbocycles. The molecule has 0 bridgehead atoms. The third kappa shape index (κ3) is 37.5. The van der Waals surface area contributed by atoms with Crippen LogP contribution in [0.5, 0.6) is 0 Å². The average molecular weight is 642 g/mol. The number of unbranched alkanes of at least 4 members (excludes halogenated alkanes) is 33. The quantitative estimate of drug-likeness (QED) is 0.0579. The molecule has 0 aliphatic heterocycles. The second-order valence-electron chi connectivity index (χ2n) is 14.8. The van der Waals surface area contributed by atoms with E-state index in [9.17, 15) is 0 Å². The normalized spacial score (nSPS) is 11.1. The Kier molecular flexibility index (Phi) is 39.3. The van der Waals surface area contributed by atoms with Gasteiger partial charge in [-0.25, -0.2) is 0 Å². The van der Waals surface area contributed by atoms with Crippen LogP contribution in [0, 0.1) is 0 Å². The van der Waals surface area contributed by atoms with E-state index >= 15 is 0 Å². The summed E-state index contributed by atoms with van der Waals surface area (Å²) in [5.41, 5.74) is 8.02. The fourth-order valence-corrected chi connectivity index (χ4v) is 6.71. The van der Waals surface area contributed by atoms with E-state index in [2.05, 4.69) is 32.9 Å². The Morgan fingerprint density at radius 1 is 0.283 bits per heavy atom. The molecule has 0 saturated carbocycles. The summed E-state index contributed by atoms with van der Waals surface area (Å²) in [6, 6.07) is 8.37. The van der Waals surface area contributed by atoms with Gasteiger partial charge >= 0.3 is 0 Å². The van der Waals surface area contributed by atoms with E-state index in [1.54, 1.807) is 0 Å². The van der Waals surface area contributed by atoms with E-state index in [1.165, 1.54) is 237 Å². The summed E-state index contributed by atoms with van der Waals surface area (Å²) >= 11 is 0. The number of benzene rings is 1. The van der Waals surface area contributed by atoms with E-state index < -0.39 is 0 Å². The molecule has 46 heavy (non-hydrogen) atoms. The number of nitrogen functional groups attached to an aromatic ring is 1. The Labute approximate surface area is 292 Å². The molecule has 0 saturated heterocycles. The zero-order valence-corrected chi connectivity index (χ0v) is 32.3. The molecule has 0 aliphatic rings. The molecule has 0 fully saturated rings. The lowest BCUT2D eigenvalue weighted by molar-refractivity contribution is 0.526. The third-order valence-corrected chi connectivity index (χ3v) is 10.0. The van der Waals surface area contributed by atoms with Gasteiger partial charge in [0.1, 0.15) is 0 Å². The molecule has 1 nitrogen and oxygen atoms in total. The highest BCUT2D eigenvalue weighted by Gasteiger charge is 1.97. The smallest absolute Gasteiger partial charge is 0.0314 e. The van der Waals surface area contributed by atoms with Crippen LogP contribution < -0.4 is 5.73 Å². The summed E-state index contributed by atoms with van der Waals surface area (Å²) in [5, 5.41) is 0. The van der Waals surface area contributed by atoms with Crippen molar-refractivity contribution >= 4 is 5.69 Å². The summed E-state index contributed by atoms with van der Waals surface area (Å²) in [4.78, 5) is 0. The van der Waals surface area contributed by atoms with Crippen molar-refractivity contribution in [2.24, 2.45) is 0 Å². The predicted octanol–water partition coefficient (Wildman–Crippen LogP) is 16.5. The van der Waals surface area contributed by atoms with Gasteiger partial charge in [-0.2, -0.15) is 0 Å². The molecule has 0 unspecified atom stereocenters. The number of nitrogens with two attached hydrogens (primary N) is 1. The zero-order chi connectivity index (χ0) is 33.4. The summed E-state index contributed by atoms with van der Waals surface area (Å²) < 4.78 is 0. The SMILES string of the molecule is CCCCCCCCCCCCCCCCCCCC.CCCCCCCCCCCCCCCCCCCc1ccc(N)cc1. The van der Waals surface area contributed by atoms with Crippen molar-refractivity contribution < 1.29 is 0 Å². The van der Waals surface area contributed by atoms with Gasteiger partial charge in [-0.15, -0.1) is 0 Å². The summed E-state index contributed by atoms with van der Waals surface area (Å²) in [7, 11) is 0.